The van der Waals surface area contributed by atoms with Gasteiger partial charge in [0.25, 0.3) is 0 Å². The number of aromatic nitrogens is 1. The predicted molar refractivity (Wildman–Crippen MR) is 133 cm³/mol. The summed E-state index contributed by atoms with van der Waals surface area (Å²) in [5.74, 6) is 0.360. The van der Waals surface area contributed by atoms with Crippen molar-refractivity contribution in [3.05, 3.63) is 30.1 Å². The standard InChI is InChI=1S/C27H47N3O2/c1-2-3-4-5-8-11-14-17-26(31)29-21-16-13-10-7-6-9-12-15-18-27(32)30-24-25-19-22-28-23-20-25/h19-20,22-23H,2-18,21,24H2,1H3,(H,29,31)(H,30,32). The summed E-state index contributed by atoms with van der Waals surface area (Å²) in [5, 5.41) is 6.03. The van der Waals surface area contributed by atoms with E-state index in [1.165, 1.54) is 70.6 Å². The monoisotopic (exact) mass is 445 g/mol. The number of hydrogen-bond donors (Lipinski definition) is 2. The van der Waals surface area contributed by atoms with E-state index >= 15 is 0 Å². The second-order valence-electron chi connectivity index (χ2n) is 8.93. The van der Waals surface area contributed by atoms with Crippen LogP contribution in [0, 0.1) is 0 Å². The second kappa shape index (κ2) is 21.0. The van der Waals surface area contributed by atoms with Crippen LogP contribution in [0.1, 0.15) is 122 Å². The molecule has 2 amide bonds. The van der Waals surface area contributed by atoms with Gasteiger partial charge in [-0.2, -0.15) is 0 Å². The van der Waals surface area contributed by atoms with Crippen molar-refractivity contribution in [1.29, 1.82) is 0 Å². The van der Waals surface area contributed by atoms with Crippen LogP contribution in [0.3, 0.4) is 0 Å². The van der Waals surface area contributed by atoms with E-state index < -0.39 is 0 Å². The molecule has 5 heteroatoms. The van der Waals surface area contributed by atoms with Crippen LogP contribution in [-0.2, 0) is 16.1 Å². The summed E-state index contributed by atoms with van der Waals surface area (Å²) in [4.78, 5) is 27.7. The van der Waals surface area contributed by atoms with Gasteiger partial charge in [0, 0.05) is 38.3 Å². The number of carbonyl (C=O) groups excluding carboxylic acids is 2. The number of carbonyl (C=O) groups is 2. The molecule has 1 heterocycles. The van der Waals surface area contributed by atoms with Crippen LogP contribution >= 0.6 is 0 Å². The Bertz CT molecular complexity index is 578. The largest absolute Gasteiger partial charge is 0.356 e. The zero-order valence-corrected chi connectivity index (χ0v) is 20.5. The Morgan fingerprint density at radius 2 is 1.12 bits per heavy atom. The highest BCUT2D eigenvalue weighted by Gasteiger charge is 2.02. The molecular weight excluding hydrogens is 398 g/mol. The summed E-state index contributed by atoms with van der Waals surface area (Å²) in [6.45, 7) is 3.65. The zero-order chi connectivity index (χ0) is 23.1. The molecule has 0 spiro atoms. The number of unbranched alkanes of at least 4 members (excludes halogenated alkanes) is 13. The molecular formula is C27H47N3O2. The average Bonchev–Trinajstić information content (AvgIpc) is 2.81. The third-order valence-corrected chi connectivity index (χ3v) is 5.90. The van der Waals surface area contributed by atoms with Crippen molar-refractivity contribution < 1.29 is 9.59 Å². The van der Waals surface area contributed by atoms with E-state index in [4.69, 9.17) is 0 Å². The lowest BCUT2D eigenvalue weighted by atomic mass is 10.1. The molecule has 0 atom stereocenters. The first-order valence-corrected chi connectivity index (χ1v) is 13.1. The maximum atomic E-state index is 11.9. The highest BCUT2D eigenvalue weighted by Crippen LogP contribution is 2.10. The third-order valence-electron chi connectivity index (χ3n) is 5.90. The molecule has 0 fully saturated rings. The minimum absolute atomic E-state index is 0.135. The van der Waals surface area contributed by atoms with Crippen LogP contribution in [0.15, 0.2) is 24.5 Å². The summed E-state index contributed by atoms with van der Waals surface area (Å²) in [6.07, 6.45) is 22.9. The van der Waals surface area contributed by atoms with Crippen molar-refractivity contribution in [2.24, 2.45) is 0 Å². The number of nitrogens with one attached hydrogen (secondary N) is 2. The number of nitrogens with zero attached hydrogens (tertiary/aromatic N) is 1. The molecule has 5 nitrogen and oxygen atoms in total. The van der Waals surface area contributed by atoms with Gasteiger partial charge in [-0.25, -0.2) is 0 Å². The Balaban J connectivity index is 1.78. The van der Waals surface area contributed by atoms with Crippen LogP contribution in [0.4, 0.5) is 0 Å². The van der Waals surface area contributed by atoms with Crippen molar-refractivity contribution >= 4 is 11.8 Å². The molecule has 2 N–H and O–H groups in total. The van der Waals surface area contributed by atoms with Gasteiger partial charge in [-0.05, 0) is 37.0 Å². The number of amides is 2. The predicted octanol–water partition coefficient (Wildman–Crippen LogP) is 6.47. The fraction of sp³-hybridized carbons (Fsp3) is 0.741. The summed E-state index contributed by atoms with van der Waals surface area (Å²) in [6, 6.07) is 3.84. The minimum Gasteiger partial charge on any atom is -0.356 e. The average molecular weight is 446 g/mol. The summed E-state index contributed by atoms with van der Waals surface area (Å²) in [7, 11) is 0. The molecule has 0 saturated carbocycles. The Kier molecular flexibility index (Phi) is 18.4. The van der Waals surface area contributed by atoms with E-state index in [0.29, 0.717) is 19.4 Å². The van der Waals surface area contributed by atoms with Crippen molar-refractivity contribution in [3.8, 4) is 0 Å². The van der Waals surface area contributed by atoms with Gasteiger partial charge in [0.15, 0.2) is 0 Å². The normalized spacial score (nSPS) is 10.8. The van der Waals surface area contributed by atoms with Gasteiger partial charge in [-0.1, -0.05) is 84.0 Å². The third kappa shape index (κ3) is 17.7. The lowest BCUT2D eigenvalue weighted by Gasteiger charge is -2.06. The number of hydrogen-bond acceptors (Lipinski definition) is 3. The van der Waals surface area contributed by atoms with Gasteiger partial charge in [-0.15, -0.1) is 0 Å². The van der Waals surface area contributed by atoms with E-state index in [1.807, 2.05) is 12.1 Å². The minimum atomic E-state index is 0.135. The van der Waals surface area contributed by atoms with Crippen LogP contribution in [0.5, 0.6) is 0 Å². The van der Waals surface area contributed by atoms with Gasteiger partial charge in [0.2, 0.25) is 11.8 Å². The SMILES string of the molecule is CCCCCCCCCC(=O)NCCCCCCCCCCC(=O)NCc1ccncc1. The van der Waals surface area contributed by atoms with Crippen molar-refractivity contribution in [2.45, 2.75) is 123 Å². The van der Waals surface area contributed by atoms with Gasteiger partial charge in [0.05, 0.1) is 0 Å². The Hall–Kier alpha value is -1.91. The molecule has 182 valence electrons. The van der Waals surface area contributed by atoms with E-state index in [9.17, 15) is 9.59 Å². The molecule has 0 saturated heterocycles. The quantitative estimate of drug-likeness (QED) is 0.213. The Morgan fingerprint density at radius 3 is 1.69 bits per heavy atom. The maximum absolute atomic E-state index is 11.9. The molecule has 0 aliphatic carbocycles. The first-order chi connectivity index (χ1) is 15.7. The van der Waals surface area contributed by atoms with Gasteiger partial charge < -0.3 is 10.6 Å². The summed E-state index contributed by atoms with van der Waals surface area (Å²) < 4.78 is 0. The molecule has 1 aromatic rings. The fourth-order valence-electron chi connectivity index (χ4n) is 3.82. The molecule has 0 unspecified atom stereocenters. The maximum Gasteiger partial charge on any atom is 0.220 e. The van der Waals surface area contributed by atoms with E-state index in [-0.39, 0.29) is 11.8 Å². The molecule has 0 radical (unpaired) electrons. The highest BCUT2D eigenvalue weighted by molar-refractivity contribution is 5.76. The van der Waals surface area contributed by atoms with Crippen molar-refractivity contribution in [3.63, 3.8) is 0 Å². The second-order valence-corrected chi connectivity index (χ2v) is 8.93. The van der Waals surface area contributed by atoms with E-state index in [2.05, 4.69) is 22.5 Å². The smallest absolute Gasteiger partial charge is 0.220 e. The Labute approximate surface area is 196 Å². The number of rotatable bonds is 21. The molecule has 0 bridgehead atoms. The zero-order valence-electron chi connectivity index (χ0n) is 20.5. The van der Waals surface area contributed by atoms with Crippen LogP contribution in [0.2, 0.25) is 0 Å². The Morgan fingerprint density at radius 1 is 0.656 bits per heavy atom. The lowest BCUT2D eigenvalue weighted by Crippen LogP contribution is -2.23. The molecule has 0 aliphatic heterocycles. The van der Waals surface area contributed by atoms with Crippen LogP contribution in [0.25, 0.3) is 0 Å². The summed E-state index contributed by atoms with van der Waals surface area (Å²) >= 11 is 0. The van der Waals surface area contributed by atoms with Gasteiger partial charge in [-0.3, -0.25) is 14.6 Å². The van der Waals surface area contributed by atoms with Gasteiger partial charge in [0.1, 0.15) is 0 Å². The molecule has 0 aromatic carbocycles. The topological polar surface area (TPSA) is 71.1 Å². The first kappa shape index (κ1) is 28.1. The molecule has 0 aliphatic rings. The first-order valence-electron chi connectivity index (χ1n) is 13.1. The van der Waals surface area contributed by atoms with Crippen molar-refractivity contribution in [1.82, 2.24) is 15.6 Å². The van der Waals surface area contributed by atoms with Crippen molar-refractivity contribution in [2.75, 3.05) is 6.54 Å². The fourth-order valence-corrected chi connectivity index (χ4v) is 3.82. The van der Waals surface area contributed by atoms with E-state index in [1.54, 1.807) is 12.4 Å². The molecule has 1 rings (SSSR count). The molecule has 32 heavy (non-hydrogen) atoms. The highest BCUT2D eigenvalue weighted by atomic mass is 16.2. The molecule has 1 aromatic heterocycles. The van der Waals surface area contributed by atoms with Gasteiger partial charge >= 0.3 is 0 Å². The van der Waals surface area contributed by atoms with E-state index in [0.717, 1.165) is 37.8 Å². The lowest BCUT2D eigenvalue weighted by molar-refractivity contribution is -0.122. The van der Waals surface area contributed by atoms with Crippen LogP contribution < -0.4 is 10.6 Å². The summed E-state index contributed by atoms with van der Waals surface area (Å²) in [5.41, 5.74) is 1.08. The van der Waals surface area contributed by atoms with Crippen LogP contribution in [-0.4, -0.2) is 23.3 Å². The number of pyridine rings is 1.